The summed E-state index contributed by atoms with van der Waals surface area (Å²) in [5.74, 6) is 0.182. The van der Waals surface area contributed by atoms with Crippen molar-refractivity contribution in [3.8, 4) is 5.75 Å². The molecule has 16 heavy (non-hydrogen) atoms. The van der Waals surface area contributed by atoms with Gasteiger partial charge in [0.25, 0.3) is 0 Å². The summed E-state index contributed by atoms with van der Waals surface area (Å²) in [6, 6.07) is 3.39. The van der Waals surface area contributed by atoms with Gasteiger partial charge >= 0.3 is 5.97 Å². The number of ether oxygens (including phenoxy) is 1. The highest BCUT2D eigenvalue weighted by Crippen LogP contribution is 2.31. The Morgan fingerprint density at radius 3 is 2.44 bits per heavy atom. The lowest BCUT2D eigenvalue weighted by Crippen LogP contribution is -2.04. The van der Waals surface area contributed by atoms with E-state index < -0.39 is 5.97 Å². The van der Waals surface area contributed by atoms with Crippen LogP contribution < -0.4 is 4.74 Å². The molecule has 0 amide bonds. The van der Waals surface area contributed by atoms with E-state index in [4.69, 9.17) is 9.84 Å². The average molecular weight is 222 g/mol. The summed E-state index contributed by atoms with van der Waals surface area (Å²) >= 11 is 0. The number of carboxylic acids is 1. The van der Waals surface area contributed by atoms with E-state index in [1.807, 2.05) is 20.8 Å². The van der Waals surface area contributed by atoms with Crippen LogP contribution in [0.1, 0.15) is 48.2 Å². The molecule has 1 aromatic rings. The third kappa shape index (κ3) is 2.35. The van der Waals surface area contributed by atoms with Gasteiger partial charge in [-0.05, 0) is 35.6 Å². The molecule has 0 atom stereocenters. The first kappa shape index (κ1) is 12.6. The van der Waals surface area contributed by atoms with Crippen LogP contribution >= 0.6 is 0 Å². The Balaban J connectivity index is 3.43. The lowest BCUT2D eigenvalue weighted by molar-refractivity contribution is 0.0696. The van der Waals surface area contributed by atoms with E-state index in [1.54, 1.807) is 19.2 Å². The molecule has 0 saturated heterocycles. The maximum absolute atomic E-state index is 11.0. The summed E-state index contributed by atoms with van der Waals surface area (Å²) in [5, 5.41) is 9.03. The van der Waals surface area contributed by atoms with Crippen molar-refractivity contribution in [3.63, 3.8) is 0 Å². The predicted molar refractivity (Wildman–Crippen MR) is 63.4 cm³/mol. The van der Waals surface area contributed by atoms with Crippen LogP contribution in [0.15, 0.2) is 12.1 Å². The summed E-state index contributed by atoms with van der Waals surface area (Å²) in [7, 11) is 1.63. The van der Waals surface area contributed by atoms with Crippen LogP contribution in [0.5, 0.6) is 5.75 Å². The lowest BCUT2D eigenvalue weighted by atomic mass is 9.95. The van der Waals surface area contributed by atoms with Gasteiger partial charge in [-0.25, -0.2) is 4.79 Å². The third-order valence-electron chi connectivity index (χ3n) is 2.65. The Bertz CT molecular complexity index is 394. The highest BCUT2D eigenvalue weighted by molar-refractivity contribution is 5.88. The molecule has 0 bridgehead atoms. The molecule has 0 aromatic heterocycles. The molecule has 1 aromatic carbocycles. The van der Waals surface area contributed by atoms with Crippen molar-refractivity contribution in [2.45, 2.75) is 33.1 Å². The van der Waals surface area contributed by atoms with Crippen molar-refractivity contribution in [2.75, 3.05) is 7.11 Å². The van der Waals surface area contributed by atoms with E-state index in [0.717, 1.165) is 23.3 Å². The van der Waals surface area contributed by atoms with Gasteiger partial charge in [0.1, 0.15) is 5.75 Å². The van der Waals surface area contributed by atoms with Gasteiger partial charge in [0.2, 0.25) is 0 Å². The number of hydrogen-bond donors (Lipinski definition) is 1. The topological polar surface area (TPSA) is 46.5 Å². The van der Waals surface area contributed by atoms with Gasteiger partial charge in [-0.1, -0.05) is 20.8 Å². The fraction of sp³-hybridized carbons (Fsp3) is 0.462. The Morgan fingerprint density at radius 2 is 2.06 bits per heavy atom. The number of carbonyl (C=O) groups is 1. The van der Waals surface area contributed by atoms with E-state index in [0.29, 0.717) is 5.56 Å². The quantitative estimate of drug-likeness (QED) is 0.851. The van der Waals surface area contributed by atoms with E-state index >= 15 is 0 Å². The van der Waals surface area contributed by atoms with Crippen molar-refractivity contribution >= 4 is 5.97 Å². The minimum Gasteiger partial charge on any atom is -0.496 e. The van der Waals surface area contributed by atoms with Gasteiger partial charge in [0.05, 0.1) is 12.7 Å². The summed E-state index contributed by atoms with van der Waals surface area (Å²) in [6.07, 6.45) is 0.768. The van der Waals surface area contributed by atoms with Gasteiger partial charge in [-0.2, -0.15) is 0 Å². The highest BCUT2D eigenvalue weighted by atomic mass is 16.5. The minimum atomic E-state index is -0.890. The predicted octanol–water partition coefficient (Wildman–Crippen LogP) is 3.08. The minimum absolute atomic E-state index is 0.250. The lowest BCUT2D eigenvalue weighted by Gasteiger charge is -2.16. The number of aromatic carboxylic acids is 1. The number of rotatable bonds is 4. The van der Waals surface area contributed by atoms with Crippen LogP contribution in [-0.4, -0.2) is 18.2 Å². The van der Waals surface area contributed by atoms with Crippen molar-refractivity contribution in [1.29, 1.82) is 0 Å². The first-order valence-corrected chi connectivity index (χ1v) is 5.45. The maximum atomic E-state index is 11.0. The Labute approximate surface area is 96.1 Å². The van der Waals surface area contributed by atoms with Crippen LogP contribution in [0.25, 0.3) is 0 Å². The SMILES string of the molecule is CCc1cc(C(=O)O)cc(C(C)C)c1OC. The van der Waals surface area contributed by atoms with E-state index in [9.17, 15) is 4.79 Å². The number of carboxylic acid groups (broad SMARTS) is 1. The molecule has 0 radical (unpaired) electrons. The van der Waals surface area contributed by atoms with Gasteiger partial charge in [-0.3, -0.25) is 0 Å². The van der Waals surface area contributed by atoms with Crippen molar-refractivity contribution in [3.05, 3.63) is 28.8 Å². The zero-order valence-corrected chi connectivity index (χ0v) is 10.2. The van der Waals surface area contributed by atoms with Crippen LogP contribution in [0, 0.1) is 0 Å². The van der Waals surface area contributed by atoms with Crippen molar-refractivity contribution in [2.24, 2.45) is 0 Å². The van der Waals surface area contributed by atoms with Crippen molar-refractivity contribution in [1.82, 2.24) is 0 Å². The zero-order chi connectivity index (χ0) is 12.3. The Hall–Kier alpha value is -1.51. The number of methoxy groups -OCH3 is 1. The Kier molecular flexibility index (Phi) is 3.93. The first-order valence-electron chi connectivity index (χ1n) is 5.45. The largest absolute Gasteiger partial charge is 0.496 e. The fourth-order valence-electron chi connectivity index (χ4n) is 1.78. The first-order chi connectivity index (χ1) is 7.51. The van der Waals surface area contributed by atoms with Crippen LogP contribution in [0.4, 0.5) is 0 Å². The molecular weight excluding hydrogens is 204 g/mol. The molecule has 0 aliphatic carbocycles. The zero-order valence-electron chi connectivity index (χ0n) is 10.2. The molecule has 88 valence electrons. The number of hydrogen-bond acceptors (Lipinski definition) is 2. The smallest absolute Gasteiger partial charge is 0.335 e. The summed E-state index contributed by atoms with van der Waals surface area (Å²) < 4.78 is 5.37. The monoisotopic (exact) mass is 222 g/mol. The van der Waals surface area contributed by atoms with E-state index in [2.05, 4.69) is 0 Å². The number of benzene rings is 1. The summed E-state index contributed by atoms with van der Waals surface area (Å²) in [6.45, 7) is 6.05. The molecule has 0 fully saturated rings. The molecule has 1 N–H and O–H groups in total. The molecule has 0 unspecified atom stereocenters. The standard InChI is InChI=1S/C13H18O3/c1-5-9-6-10(13(14)15)7-11(8(2)3)12(9)16-4/h6-8H,5H2,1-4H3,(H,14,15). The van der Waals surface area contributed by atoms with E-state index in [1.165, 1.54) is 0 Å². The highest BCUT2D eigenvalue weighted by Gasteiger charge is 2.15. The molecular formula is C13H18O3. The molecule has 3 heteroatoms. The van der Waals surface area contributed by atoms with Gasteiger partial charge in [0.15, 0.2) is 0 Å². The number of aryl methyl sites for hydroxylation is 1. The summed E-state index contributed by atoms with van der Waals surface area (Å²) in [5.41, 5.74) is 2.24. The molecule has 3 nitrogen and oxygen atoms in total. The van der Waals surface area contributed by atoms with Gasteiger partial charge in [0, 0.05) is 0 Å². The molecule has 0 aliphatic rings. The normalized spacial score (nSPS) is 10.6. The average Bonchev–Trinajstić information content (AvgIpc) is 2.26. The fourth-order valence-corrected chi connectivity index (χ4v) is 1.78. The van der Waals surface area contributed by atoms with Gasteiger partial charge < -0.3 is 9.84 Å². The molecule has 0 spiro atoms. The molecule has 0 heterocycles. The Morgan fingerprint density at radius 1 is 1.44 bits per heavy atom. The van der Waals surface area contributed by atoms with Crippen molar-refractivity contribution < 1.29 is 14.6 Å². The molecule has 0 aliphatic heterocycles. The second-order valence-corrected chi connectivity index (χ2v) is 4.07. The molecule has 0 saturated carbocycles. The maximum Gasteiger partial charge on any atom is 0.335 e. The third-order valence-corrected chi connectivity index (χ3v) is 2.65. The second-order valence-electron chi connectivity index (χ2n) is 4.07. The summed E-state index contributed by atoms with van der Waals surface area (Å²) in [4.78, 5) is 11.0. The van der Waals surface area contributed by atoms with Crippen LogP contribution in [0.3, 0.4) is 0 Å². The molecule has 1 rings (SSSR count). The van der Waals surface area contributed by atoms with E-state index in [-0.39, 0.29) is 5.92 Å². The second kappa shape index (κ2) is 5.01. The van der Waals surface area contributed by atoms with Gasteiger partial charge in [-0.15, -0.1) is 0 Å². The van der Waals surface area contributed by atoms with Crippen LogP contribution in [0.2, 0.25) is 0 Å². The van der Waals surface area contributed by atoms with Crippen LogP contribution in [-0.2, 0) is 6.42 Å².